The van der Waals surface area contributed by atoms with Crippen molar-refractivity contribution in [3.05, 3.63) is 17.6 Å². The second-order valence-corrected chi connectivity index (χ2v) is 8.86. The maximum atomic E-state index is 12.2. The Hall–Kier alpha value is -3.64. The lowest BCUT2D eigenvalue weighted by molar-refractivity contribution is 0.0516. The van der Waals surface area contributed by atoms with E-state index < -0.39 is 35.2 Å². The number of aromatic nitrogens is 2. The van der Waals surface area contributed by atoms with E-state index in [-0.39, 0.29) is 43.4 Å². The number of rotatable bonds is 8. The van der Waals surface area contributed by atoms with E-state index in [0.29, 0.717) is 0 Å². The molecule has 0 unspecified atom stereocenters. The largest absolute Gasteiger partial charge is 0.444 e. The van der Waals surface area contributed by atoms with Crippen LogP contribution in [0.1, 0.15) is 62.5 Å². The number of amides is 4. The first-order valence-electron chi connectivity index (χ1n) is 10.3. The first-order valence-corrected chi connectivity index (χ1v) is 10.3. The first-order chi connectivity index (χ1) is 15.2. The van der Waals surface area contributed by atoms with Gasteiger partial charge in [0, 0.05) is 26.2 Å². The molecule has 33 heavy (non-hydrogen) atoms. The zero-order valence-corrected chi connectivity index (χ0v) is 19.8. The van der Waals surface area contributed by atoms with Gasteiger partial charge in [0.2, 0.25) is 0 Å². The Morgan fingerprint density at radius 2 is 1.21 bits per heavy atom. The summed E-state index contributed by atoms with van der Waals surface area (Å²) in [6, 6.07) is 0. The summed E-state index contributed by atoms with van der Waals surface area (Å²) in [5, 5.41) is 10.1. The summed E-state index contributed by atoms with van der Waals surface area (Å²) < 4.78 is 10.2. The summed E-state index contributed by atoms with van der Waals surface area (Å²) >= 11 is 0. The van der Waals surface area contributed by atoms with Crippen molar-refractivity contribution in [2.75, 3.05) is 31.9 Å². The fourth-order valence-corrected chi connectivity index (χ4v) is 2.17. The van der Waals surface area contributed by atoms with Crippen LogP contribution in [0.15, 0.2) is 6.20 Å². The van der Waals surface area contributed by atoms with Gasteiger partial charge in [-0.15, -0.1) is 0 Å². The number of nitrogens with zero attached hydrogens (tertiary/aromatic N) is 2. The Morgan fingerprint density at radius 3 is 1.64 bits per heavy atom. The number of alkyl carbamates (subject to hydrolysis) is 2. The number of nitrogens with two attached hydrogens (primary N) is 1. The molecule has 0 aliphatic carbocycles. The van der Waals surface area contributed by atoms with E-state index in [4.69, 9.17) is 15.2 Å². The average molecular weight is 468 g/mol. The number of hydrogen-bond donors (Lipinski definition) is 5. The fourth-order valence-electron chi connectivity index (χ4n) is 2.17. The van der Waals surface area contributed by atoms with Crippen molar-refractivity contribution >= 4 is 29.8 Å². The number of anilines is 1. The van der Waals surface area contributed by atoms with Crippen molar-refractivity contribution in [3.8, 4) is 0 Å². The maximum Gasteiger partial charge on any atom is 0.407 e. The normalized spacial score (nSPS) is 11.2. The molecule has 0 radical (unpaired) electrons. The van der Waals surface area contributed by atoms with Gasteiger partial charge in [0.1, 0.15) is 16.9 Å². The second kappa shape index (κ2) is 11.8. The summed E-state index contributed by atoms with van der Waals surface area (Å²) in [7, 11) is 0. The van der Waals surface area contributed by atoms with Gasteiger partial charge in [-0.1, -0.05) is 0 Å². The second-order valence-electron chi connectivity index (χ2n) is 8.86. The van der Waals surface area contributed by atoms with Crippen LogP contribution in [0, 0.1) is 0 Å². The van der Waals surface area contributed by atoms with Gasteiger partial charge in [0.15, 0.2) is 11.5 Å². The lowest BCUT2D eigenvalue weighted by Gasteiger charge is -2.19. The van der Waals surface area contributed by atoms with Gasteiger partial charge in [-0.2, -0.15) is 0 Å². The Bertz CT molecular complexity index is 861. The molecule has 13 nitrogen and oxygen atoms in total. The third-order valence-electron chi connectivity index (χ3n) is 3.40. The van der Waals surface area contributed by atoms with Crippen LogP contribution < -0.4 is 27.0 Å². The first kappa shape index (κ1) is 27.4. The molecule has 0 bridgehead atoms. The van der Waals surface area contributed by atoms with Crippen LogP contribution in [0.2, 0.25) is 0 Å². The lowest BCUT2D eigenvalue weighted by Crippen LogP contribution is -2.38. The number of nitrogens with one attached hydrogen (secondary N) is 4. The van der Waals surface area contributed by atoms with E-state index in [9.17, 15) is 19.2 Å². The van der Waals surface area contributed by atoms with Crippen LogP contribution >= 0.6 is 0 Å². The maximum absolute atomic E-state index is 12.2. The number of carbonyl (C=O) groups is 4. The molecule has 0 spiro atoms. The van der Waals surface area contributed by atoms with Crippen LogP contribution in [0.3, 0.4) is 0 Å². The number of nitrogen functional groups attached to an aromatic ring is 1. The van der Waals surface area contributed by atoms with Crippen molar-refractivity contribution < 1.29 is 28.7 Å². The summed E-state index contributed by atoms with van der Waals surface area (Å²) in [5.41, 5.74) is 4.26. The molecule has 0 saturated carbocycles. The molecule has 13 heteroatoms. The predicted molar refractivity (Wildman–Crippen MR) is 120 cm³/mol. The SMILES string of the molecule is CC(C)(C)OC(=O)NCCNC(=O)c1cnc(C(=O)NCCNC(=O)OC(C)(C)C)c(N)n1. The summed E-state index contributed by atoms with van der Waals surface area (Å²) in [6.45, 7) is 10.9. The topological polar surface area (TPSA) is 187 Å². The Morgan fingerprint density at radius 1 is 0.788 bits per heavy atom. The average Bonchev–Trinajstić information content (AvgIpc) is 2.65. The van der Waals surface area contributed by atoms with Crippen LogP contribution in [0.5, 0.6) is 0 Å². The molecule has 1 aromatic rings. The minimum Gasteiger partial charge on any atom is -0.444 e. The molecule has 1 rings (SSSR count). The van der Waals surface area contributed by atoms with Gasteiger partial charge in [-0.3, -0.25) is 9.59 Å². The quantitative estimate of drug-likeness (QED) is 0.341. The van der Waals surface area contributed by atoms with Gasteiger partial charge >= 0.3 is 12.2 Å². The van der Waals surface area contributed by atoms with Crippen molar-refractivity contribution in [1.82, 2.24) is 31.2 Å². The molecule has 0 aromatic carbocycles. The molecule has 0 fully saturated rings. The molecule has 6 N–H and O–H groups in total. The standard InChI is InChI=1S/C20H33N7O6/c1-19(2,3)32-17(30)24-9-7-22-15(28)12-11-26-13(14(21)27-12)16(29)23-8-10-25-18(31)33-20(4,5)6/h11H,7-10H2,1-6H3,(H2,21,27)(H,22,28)(H,23,29)(H,24,30)(H,25,31). The molecule has 0 aliphatic heterocycles. The highest BCUT2D eigenvalue weighted by Gasteiger charge is 2.18. The molecular formula is C20H33N7O6. The zero-order chi connectivity index (χ0) is 25.2. The van der Waals surface area contributed by atoms with Crippen molar-refractivity contribution in [2.45, 2.75) is 52.7 Å². The van der Waals surface area contributed by atoms with Gasteiger partial charge < -0.3 is 36.5 Å². The molecule has 0 saturated heterocycles. The number of hydrogen-bond acceptors (Lipinski definition) is 9. The third-order valence-corrected chi connectivity index (χ3v) is 3.40. The Kier molecular flexibility index (Phi) is 9.82. The van der Waals surface area contributed by atoms with Gasteiger partial charge in [0.25, 0.3) is 11.8 Å². The molecular weight excluding hydrogens is 434 g/mol. The summed E-state index contributed by atoms with van der Waals surface area (Å²) in [4.78, 5) is 55.3. The molecule has 0 aliphatic rings. The van der Waals surface area contributed by atoms with Crippen LogP contribution in [-0.2, 0) is 9.47 Å². The minimum atomic E-state index is -0.625. The molecule has 1 aromatic heterocycles. The predicted octanol–water partition coefficient (Wildman–Crippen LogP) is 0.568. The Balaban J connectivity index is 2.44. The smallest absolute Gasteiger partial charge is 0.407 e. The Labute approximate surface area is 192 Å². The monoisotopic (exact) mass is 467 g/mol. The van der Waals surface area contributed by atoms with Crippen molar-refractivity contribution in [1.29, 1.82) is 0 Å². The van der Waals surface area contributed by atoms with E-state index in [2.05, 4.69) is 31.2 Å². The van der Waals surface area contributed by atoms with E-state index in [1.165, 1.54) is 0 Å². The lowest BCUT2D eigenvalue weighted by atomic mass is 10.2. The van der Waals surface area contributed by atoms with Gasteiger partial charge in [-0.25, -0.2) is 19.6 Å². The van der Waals surface area contributed by atoms with Gasteiger partial charge in [0.05, 0.1) is 6.20 Å². The number of carbonyl (C=O) groups excluding carboxylic acids is 4. The highest BCUT2D eigenvalue weighted by Crippen LogP contribution is 2.08. The van der Waals surface area contributed by atoms with Crippen molar-refractivity contribution in [2.24, 2.45) is 0 Å². The highest BCUT2D eigenvalue weighted by atomic mass is 16.6. The minimum absolute atomic E-state index is 0.0899. The van der Waals surface area contributed by atoms with Crippen LogP contribution in [-0.4, -0.2) is 71.3 Å². The van der Waals surface area contributed by atoms with Crippen molar-refractivity contribution in [3.63, 3.8) is 0 Å². The van der Waals surface area contributed by atoms with Crippen LogP contribution in [0.4, 0.5) is 15.4 Å². The van der Waals surface area contributed by atoms with E-state index in [1.807, 2.05) is 0 Å². The summed E-state index contributed by atoms with van der Waals surface area (Å²) in [5.74, 6) is -1.42. The van der Waals surface area contributed by atoms with E-state index >= 15 is 0 Å². The van der Waals surface area contributed by atoms with Crippen LogP contribution in [0.25, 0.3) is 0 Å². The third kappa shape index (κ3) is 11.5. The fraction of sp³-hybridized carbons (Fsp3) is 0.600. The molecule has 4 amide bonds. The highest BCUT2D eigenvalue weighted by molar-refractivity contribution is 5.98. The van der Waals surface area contributed by atoms with E-state index in [1.54, 1.807) is 41.5 Å². The number of ether oxygens (including phenoxy) is 2. The summed E-state index contributed by atoms with van der Waals surface area (Å²) in [6.07, 6.45) is -0.0916. The zero-order valence-electron chi connectivity index (χ0n) is 19.8. The van der Waals surface area contributed by atoms with Gasteiger partial charge in [-0.05, 0) is 41.5 Å². The molecule has 0 atom stereocenters. The molecule has 184 valence electrons. The molecule has 1 heterocycles. The van der Waals surface area contributed by atoms with E-state index in [0.717, 1.165) is 6.20 Å².